The summed E-state index contributed by atoms with van der Waals surface area (Å²) in [4.78, 5) is 16.4. The van der Waals surface area contributed by atoms with Gasteiger partial charge in [0.05, 0.1) is 5.41 Å². The summed E-state index contributed by atoms with van der Waals surface area (Å²) in [6.07, 6.45) is 1.85. The molecule has 0 saturated heterocycles. The average Bonchev–Trinajstić information content (AvgIpc) is 3.15. The summed E-state index contributed by atoms with van der Waals surface area (Å²) in [5.41, 5.74) is 2.29. The molecule has 8 heteroatoms. The predicted octanol–water partition coefficient (Wildman–Crippen LogP) is 2.83. The van der Waals surface area contributed by atoms with Crippen LogP contribution in [0.4, 0.5) is 5.69 Å². The van der Waals surface area contributed by atoms with E-state index >= 15 is 0 Å². The minimum Gasteiger partial charge on any atom is -0.432 e. The van der Waals surface area contributed by atoms with Crippen LogP contribution in [0.2, 0.25) is 0 Å². The van der Waals surface area contributed by atoms with E-state index in [1.807, 2.05) is 26.2 Å². The monoisotopic (exact) mass is 316 g/mol. The zero-order valence-corrected chi connectivity index (χ0v) is 12.9. The van der Waals surface area contributed by atoms with E-state index in [9.17, 15) is 4.79 Å². The normalized spacial score (nSPS) is 16.0. The van der Waals surface area contributed by atoms with Gasteiger partial charge in [-0.05, 0) is 31.7 Å². The molecule has 2 aromatic heterocycles. The van der Waals surface area contributed by atoms with Gasteiger partial charge in [0, 0.05) is 11.8 Å². The van der Waals surface area contributed by atoms with Gasteiger partial charge >= 0.3 is 5.89 Å². The quantitative estimate of drug-likeness (QED) is 0.726. The van der Waals surface area contributed by atoms with Crippen molar-refractivity contribution in [3.63, 3.8) is 0 Å². The maximum Gasteiger partial charge on any atom is 0.304 e. The highest BCUT2D eigenvalue weighted by Crippen LogP contribution is 2.40. The molecule has 0 radical (unpaired) electrons. The summed E-state index contributed by atoms with van der Waals surface area (Å²) in [7, 11) is 0. The van der Waals surface area contributed by atoms with Crippen LogP contribution in [-0.2, 0) is 10.2 Å². The van der Waals surface area contributed by atoms with E-state index in [1.165, 1.54) is 11.8 Å². The lowest BCUT2D eigenvalue weighted by Crippen LogP contribution is -2.26. The molecule has 3 aromatic rings. The molecule has 112 valence electrons. The zero-order valence-electron chi connectivity index (χ0n) is 12.1. The topological polar surface area (TPSA) is 94.0 Å². The standard InChI is InChI=1S/C14H12N4O3S/c1-14(2)6-4-8-9(5-7(6)16-12(14)19)20-10(15-8)11-17-18-13(21-11)22-3/h4-5H,1-3H3,(H,16,19). The molecule has 0 spiro atoms. The van der Waals surface area contributed by atoms with Gasteiger partial charge in [-0.1, -0.05) is 11.8 Å². The maximum absolute atomic E-state index is 12.0. The van der Waals surface area contributed by atoms with Crippen molar-refractivity contribution in [3.05, 3.63) is 17.7 Å². The van der Waals surface area contributed by atoms with Crippen LogP contribution < -0.4 is 5.32 Å². The molecule has 1 N–H and O–H groups in total. The van der Waals surface area contributed by atoms with Gasteiger partial charge in [0.15, 0.2) is 5.58 Å². The van der Waals surface area contributed by atoms with Gasteiger partial charge in [0.2, 0.25) is 5.91 Å². The molecule has 0 fully saturated rings. The Morgan fingerprint density at radius 3 is 2.73 bits per heavy atom. The van der Waals surface area contributed by atoms with E-state index in [1.54, 1.807) is 6.07 Å². The molecule has 0 atom stereocenters. The summed E-state index contributed by atoms with van der Waals surface area (Å²) in [6, 6.07) is 3.64. The molecule has 0 aliphatic carbocycles. The number of thioether (sulfide) groups is 1. The number of hydrogen-bond acceptors (Lipinski definition) is 7. The fraction of sp³-hybridized carbons (Fsp3) is 0.286. The van der Waals surface area contributed by atoms with Gasteiger partial charge in [0.1, 0.15) is 5.52 Å². The van der Waals surface area contributed by atoms with Crippen molar-refractivity contribution in [2.24, 2.45) is 0 Å². The molecule has 4 rings (SSSR count). The smallest absolute Gasteiger partial charge is 0.304 e. The summed E-state index contributed by atoms with van der Waals surface area (Å²) in [6.45, 7) is 3.76. The third-order valence-electron chi connectivity index (χ3n) is 3.78. The third kappa shape index (κ3) is 1.77. The minimum absolute atomic E-state index is 0.0307. The van der Waals surface area contributed by atoms with Gasteiger partial charge in [0.25, 0.3) is 11.1 Å². The zero-order chi connectivity index (χ0) is 15.5. The van der Waals surface area contributed by atoms with E-state index in [0.29, 0.717) is 16.3 Å². The number of carbonyl (C=O) groups is 1. The molecule has 1 aliphatic rings. The van der Waals surface area contributed by atoms with Crippen molar-refractivity contribution in [2.45, 2.75) is 24.5 Å². The first-order valence-electron chi connectivity index (χ1n) is 6.63. The second-order valence-corrected chi connectivity index (χ2v) is 6.30. The molecule has 0 bridgehead atoms. The second-order valence-electron chi connectivity index (χ2n) is 5.54. The molecule has 22 heavy (non-hydrogen) atoms. The van der Waals surface area contributed by atoms with Crippen molar-refractivity contribution in [1.82, 2.24) is 15.2 Å². The van der Waals surface area contributed by atoms with E-state index in [0.717, 1.165) is 11.3 Å². The van der Waals surface area contributed by atoms with Crippen molar-refractivity contribution in [2.75, 3.05) is 11.6 Å². The molecule has 1 amide bonds. The maximum atomic E-state index is 12.0. The van der Waals surface area contributed by atoms with E-state index in [4.69, 9.17) is 8.83 Å². The SMILES string of the molecule is CSc1nnc(-c2nc3cc4c(cc3o2)NC(=O)C4(C)C)o1. The molecule has 0 unspecified atom stereocenters. The highest BCUT2D eigenvalue weighted by molar-refractivity contribution is 7.98. The Balaban J connectivity index is 1.85. The number of carbonyl (C=O) groups excluding carboxylic acids is 1. The number of rotatable bonds is 2. The molecular formula is C14H12N4O3S. The van der Waals surface area contributed by atoms with E-state index in [-0.39, 0.29) is 17.7 Å². The summed E-state index contributed by atoms with van der Waals surface area (Å²) in [5, 5.41) is 11.1. The average molecular weight is 316 g/mol. The Hall–Kier alpha value is -2.35. The Morgan fingerprint density at radius 2 is 2.00 bits per heavy atom. The second kappa shape index (κ2) is 4.33. The molecule has 1 aliphatic heterocycles. The Bertz CT molecular complexity index is 912. The first-order valence-corrected chi connectivity index (χ1v) is 7.86. The van der Waals surface area contributed by atoms with Crippen LogP contribution in [0.25, 0.3) is 22.9 Å². The number of fused-ring (bicyclic) bond motifs is 2. The van der Waals surface area contributed by atoms with Crippen LogP contribution in [0.3, 0.4) is 0 Å². The van der Waals surface area contributed by atoms with Gasteiger partial charge < -0.3 is 14.2 Å². The van der Waals surface area contributed by atoms with Crippen molar-refractivity contribution in [1.29, 1.82) is 0 Å². The number of benzene rings is 1. The lowest BCUT2D eigenvalue weighted by atomic mass is 9.86. The van der Waals surface area contributed by atoms with Gasteiger partial charge in [-0.25, -0.2) is 4.98 Å². The number of hydrogen-bond donors (Lipinski definition) is 1. The fourth-order valence-corrected chi connectivity index (χ4v) is 2.75. The lowest BCUT2D eigenvalue weighted by molar-refractivity contribution is -0.119. The number of aromatic nitrogens is 3. The molecule has 3 heterocycles. The first kappa shape index (κ1) is 13.3. The van der Waals surface area contributed by atoms with E-state index in [2.05, 4.69) is 20.5 Å². The fourth-order valence-electron chi connectivity index (χ4n) is 2.47. The van der Waals surface area contributed by atoms with Gasteiger partial charge in [-0.15, -0.1) is 10.2 Å². The van der Waals surface area contributed by atoms with Crippen LogP contribution in [0.5, 0.6) is 0 Å². The third-order valence-corrected chi connectivity index (χ3v) is 4.30. The highest BCUT2D eigenvalue weighted by atomic mass is 32.2. The molecule has 1 aromatic carbocycles. The number of nitrogens with one attached hydrogen (secondary N) is 1. The minimum atomic E-state index is -0.584. The Morgan fingerprint density at radius 1 is 1.18 bits per heavy atom. The number of oxazole rings is 1. The number of nitrogens with zero attached hydrogens (tertiary/aromatic N) is 3. The van der Waals surface area contributed by atoms with Crippen LogP contribution in [0.1, 0.15) is 19.4 Å². The molecular weight excluding hydrogens is 304 g/mol. The first-order chi connectivity index (χ1) is 10.5. The summed E-state index contributed by atoms with van der Waals surface area (Å²) < 4.78 is 11.1. The van der Waals surface area contributed by atoms with Crippen molar-refractivity contribution >= 4 is 34.5 Å². The Kier molecular flexibility index (Phi) is 2.62. The highest BCUT2D eigenvalue weighted by Gasteiger charge is 2.39. The largest absolute Gasteiger partial charge is 0.432 e. The molecule has 7 nitrogen and oxygen atoms in total. The number of anilines is 1. The predicted molar refractivity (Wildman–Crippen MR) is 80.7 cm³/mol. The molecule has 0 saturated carbocycles. The van der Waals surface area contributed by atoms with Crippen LogP contribution in [-0.4, -0.2) is 27.3 Å². The number of amides is 1. The lowest BCUT2D eigenvalue weighted by Gasteiger charge is -2.14. The van der Waals surface area contributed by atoms with Crippen LogP contribution in [0.15, 0.2) is 26.2 Å². The van der Waals surface area contributed by atoms with Crippen molar-refractivity contribution in [3.8, 4) is 11.8 Å². The van der Waals surface area contributed by atoms with Gasteiger partial charge in [-0.3, -0.25) is 4.79 Å². The van der Waals surface area contributed by atoms with E-state index < -0.39 is 5.41 Å². The van der Waals surface area contributed by atoms with Gasteiger partial charge in [-0.2, -0.15) is 0 Å². The Labute approximate surface area is 129 Å². The summed E-state index contributed by atoms with van der Waals surface area (Å²) in [5.74, 6) is 0.483. The van der Waals surface area contributed by atoms with Crippen molar-refractivity contribution < 1.29 is 13.6 Å². The van der Waals surface area contributed by atoms with Crippen LogP contribution >= 0.6 is 11.8 Å². The summed E-state index contributed by atoms with van der Waals surface area (Å²) >= 11 is 1.35. The van der Waals surface area contributed by atoms with Crippen LogP contribution in [0, 0.1) is 0 Å².